The van der Waals surface area contributed by atoms with E-state index >= 15 is 0 Å². The molecule has 1 unspecified atom stereocenters. The Hall–Kier alpha value is -2.21. The Morgan fingerprint density at radius 2 is 2.11 bits per heavy atom. The molecule has 4 rings (SSSR count). The molecule has 2 aliphatic rings. The molecule has 1 aromatic heterocycles. The van der Waals surface area contributed by atoms with E-state index in [-0.39, 0.29) is 12.1 Å². The molecule has 6 heteroatoms. The molecule has 2 heterocycles. The number of aromatic nitrogens is 1. The summed E-state index contributed by atoms with van der Waals surface area (Å²) in [5, 5.41) is 14.8. The molecule has 1 aromatic carbocycles. The Balaban J connectivity index is 1.66. The Morgan fingerprint density at radius 1 is 1.32 bits per heavy atom. The lowest BCUT2D eigenvalue weighted by Crippen LogP contribution is -2.57. The molecule has 6 nitrogen and oxygen atoms in total. The van der Waals surface area contributed by atoms with Crippen LogP contribution in [0.25, 0.3) is 10.9 Å². The Bertz CT molecular complexity index is 858. The number of fused-ring (bicyclic) bond motifs is 2. The third-order valence-corrected chi connectivity index (χ3v) is 6.52. The van der Waals surface area contributed by atoms with Crippen molar-refractivity contribution in [1.82, 2.24) is 20.1 Å². The van der Waals surface area contributed by atoms with Crippen LogP contribution in [0.1, 0.15) is 50.7 Å². The number of rotatable bonds is 5. The number of carbonyl (C=O) groups excluding carboxylic acids is 1. The van der Waals surface area contributed by atoms with Crippen molar-refractivity contribution in [3.8, 4) is 5.75 Å². The lowest BCUT2D eigenvalue weighted by molar-refractivity contribution is 0.0979. The van der Waals surface area contributed by atoms with E-state index in [2.05, 4.69) is 28.3 Å². The maximum Gasteiger partial charge on any atom is 0.317 e. The van der Waals surface area contributed by atoms with Crippen molar-refractivity contribution in [1.29, 1.82) is 0 Å². The second-order valence-electron chi connectivity index (χ2n) is 8.20. The van der Waals surface area contributed by atoms with Crippen molar-refractivity contribution in [3.63, 3.8) is 0 Å². The number of hydrogen-bond acceptors (Lipinski definition) is 3. The molecule has 1 aliphatic heterocycles. The summed E-state index contributed by atoms with van der Waals surface area (Å²) in [5.41, 5.74) is 3.59. The maximum atomic E-state index is 12.7. The number of nitrogens with one attached hydrogen (secondary N) is 2. The summed E-state index contributed by atoms with van der Waals surface area (Å²) in [4.78, 5) is 20.4. The number of phenols is 1. The van der Waals surface area contributed by atoms with Crippen molar-refractivity contribution >= 4 is 16.9 Å². The molecule has 0 radical (unpaired) electrons. The first kappa shape index (κ1) is 19.1. The average molecular weight is 385 g/mol. The molecule has 0 spiro atoms. The predicted octanol–water partition coefficient (Wildman–Crippen LogP) is 3.42. The number of phenolic OH excluding ortho intramolecular Hbond substituents is 1. The van der Waals surface area contributed by atoms with E-state index in [1.807, 2.05) is 30.9 Å². The van der Waals surface area contributed by atoms with Crippen molar-refractivity contribution in [2.24, 2.45) is 0 Å². The lowest BCUT2D eigenvalue weighted by atomic mass is 9.73. The molecule has 152 valence electrons. The molecule has 1 fully saturated rings. The van der Waals surface area contributed by atoms with Crippen molar-refractivity contribution in [3.05, 3.63) is 29.5 Å². The topological polar surface area (TPSA) is 71.6 Å². The summed E-state index contributed by atoms with van der Waals surface area (Å²) in [6.07, 6.45) is 5.14. The van der Waals surface area contributed by atoms with Crippen LogP contribution in [0.2, 0.25) is 0 Å². The zero-order valence-corrected chi connectivity index (χ0v) is 17.2. The SMILES string of the molecule is CCCN1C[C@@H](NC(=O)N(CC)CC)CC2c3cc(O)cc4[nH]cc(c34)C[C@H]21. The average Bonchev–Trinajstić information content (AvgIpc) is 3.07. The highest BCUT2D eigenvalue weighted by Gasteiger charge is 2.41. The first-order valence-corrected chi connectivity index (χ1v) is 10.7. The fraction of sp³-hybridized carbons (Fsp3) is 0.591. The van der Waals surface area contributed by atoms with Gasteiger partial charge in [0, 0.05) is 60.8 Å². The quantitative estimate of drug-likeness (QED) is 0.740. The van der Waals surface area contributed by atoms with Crippen molar-refractivity contribution < 1.29 is 9.90 Å². The summed E-state index contributed by atoms with van der Waals surface area (Å²) in [5.74, 6) is 0.632. The van der Waals surface area contributed by atoms with Crippen LogP contribution in [-0.4, -0.2) is 64.2 Å². The van der Waals surface area contributed by atoms with Gasteiger partial charge in [0.1, 0.15) is 5.75 Å². The van der Waals surface area contributed by atoms with E-state index in [4.69, 9.17) is 0 Å². The molecular weight excluding hydrogens is 352 g/mol. The maximum absolute atomic E-state index is 12.7. The largest absolute Gasteiger partial charge is 0.508 e. The fourth-order valence-corrected chi connectivity index (χ4v) is 5.28. The molecule has 3 atom stereocenters. The number of nitrogens with zero attached hydrogens (tertiary/aromatic N) is 2. The summed E-state index contributed by atoms with van der Waals surface area (Å²) in [6, 6.07) is 4.34. The molecule has 0 bridgehead atoms. The summed E-state index contributed by atoms with van der Waals surface area (Å²) >= 11 is 0. The van der Waals surface area contributed by atoms with E-state index in [0.717, 1.165) is 51.0 Å². The number of amides is 2. The molecule has 28 heavy (non-hydrogen) atoms. The van der Waals surface area contributed by atoms with Crippen LogP contribution in [0.3, 0.4) is 0 Å². The minimum Gasteiger partial charge on any atom is -0.508 e. The number of likely N-dealkylation sites (tertiary alicyclic amines) is 1. The second kappa shape index (κ2) is 7.66. The number of carbonyl (C=O) groups is 1. The number of piperidine rings is 1. The highest BCUT2D eigenvalue weighted by molar-refractivity contribution is 5.89. The monoisotopic (exact) mass is 384 g/mol. The van der Waals surface area contributed by atoms with Gasteiger partial charge < -0.3 is 20.3 Å². The van der Waals surface area contributed by atoms with E-state index in [1.54, 1.807) is 0 Å². The predicted molar refractivity (Wildman–Crippen MR) is 112 cm³/mol. The van der Waals surface area contributed by atoms with Gasteiger partial charge in [0.05, 0.1) is 0 Å². The summed E-state index contributed by atoms with van der Waals surface area (Å²) < 4.78 is 0. The van der Waals surface area contributed by atoms with Gasteiger partial charge in [-0.15, -0.1) is 0 Å². The van der Waals surface area contributed by atoms with Gasteiger partial charge in [-0.3, -0.25) is 4.90 Å². The van der Waals surface area contributed by atoms with Gasteiger partial charge in [-0.2, -0.15) is 0 Å². The Kier molecular flexibility index (Phi) is 5.23. The number of hydrogen-bond donors (Lipinski definition) is 3. The minimum atomic E-state index is 0.0316. The minimum absolute atomic E-state index is 0.0316. The summed E-state index contributed by atoms with van der Waals surface area (Å²) in [7, 11) is 0. The van der Waals surface area contributed by atoms with Gasteiger partial charge in [-0.25, -0.2) is 4.79 Å². The number of H-pyrrole nitrogens is 1. The van der Waals surface area contributed by atoms with Gasteiger partial charge in [-0.1, -0.05) is 6.92 Å². The van der Waals surface area contributed by atoms with E-state index < -0.39 is 0 Å². The van der Waals surface area contributed by atoms with Crippen LogP contribution in [0, 0.1) is 0 Å². The van der Waals surface area contributed by atoms with Gasteiger partial charge in [-0.05, 0) is 56.8 Å². The van der Waals surface area contributed by atoms with Crippen LogP contribution in [0.5, 0.6) is 5.75 Å². The molecule has 2 amide bonds. The van der Waals surface area contributed by atoms with Crippen molar-refractivity contribution in [2.45, 2.75) is 58.0 Å². The molecule has 3 N–H and O–H groups in total. The molecule has 0 saturated carbocycles. The van der Waals surface area contributed by atoms with Gasteiger partial charge >= 0.3 is 6.03 Å². The molecule has 1 saturated heterocycles. The van der Waals surface area contributed by atoms with Gasteiger partial charge in [0.15, 0.2) is 0 Å². The third kappa shape index (κ3) is 3.24. The van der Waals surface area contributed by atoms with Crippen molar-refractivity contribution in [2.75, 3.05) is 26.2 Å². The zero-order chi connectivity index (χ0) is 19.8. The van der Waals surface area contributed by atoms with E-state index in [1.165, 1.54) is 16.5 Å². The number of urea groups is 1. The van der Waals surface area contributed by atoms with Crippen LogP contribution in [0.4, 0.5) is 4.79 Å². The number of aromatic hydroxyl groups is 1. The van der Waals surface area contributed by atoms with Gasteiger partial charge in [0.2, 0.25) is 0 Å². The molecule has 2 aromatic rings. The van der Waals surface area contributed by atoms with Gasteiger partial charge in [0.25, 0.3) is 0 Å². The van der Waals surface area contributed by atoms with Crippen LogP contribution in [-0.2, 0) is 6.42 Å². The number of benzene rings is 1. The zero-order valence-electron chi connectivity index (χ0n) is 17.2. The Labute approximate surface area is 166 Å². The van der Waals surface area contributed by atoms with Crippen LogP contribution in [0.15, 0.2) is 18.3 Å². The van der Waals surface area contributed by atoms with Crippen LogP contribution >= 0.6 is 0 Å². The third-order valence-electron chi connectivity index (χ3n) is 6.52. The normalized spacial score (nSPS) is 24.2. The Morgan fingerprint density at radius 3 is 2.82 bits per heavy atom. The first-order valence-electron chi connectivity index (χ1n) is 10.7. The smallest absolute Gasteiger partial charge is 0.317 e. The lowest BCUT2D eigenvalue weighted by Gasteiger charge is -2.47. The standard InChI is InChI=1S/C22H32N4O2/c1-4-7-26-13-15(24-22(28)25(5-2)6-3)9-17-18-10-16(27)11-19-21(18)14(12-23-19)8-20(17)26/h10-12,15,17,20,23,27H,4-9,13H2,1-3H3,(H,24,28)/t15-,17?,20+/m0/s1. The van der Waals surface area contributed by atoms with E-state index in [9.17, 15) is 9.90 Å². The summed E-state index contributed by atoms with van der Waals surface area (Å²) in [6.45, 7) is 9.61. The molecule has 1 aliphatic carbocycles. The first-order chi connectivity index (χ1) is 13.5. The second-order valence-corrected chi connectivity index (χ2v) is 8.20. The highest BCUT2D eigenvalue weighted by atomic mass is 16.3. The highest BCUT2D eigenvalue weighted by Crippen LogP contribution is 2.44. The molecular formula is C22H32N4O2. The van der Waals surface area contributed by atoms with E-state index in [0.29, 0.717) is 17.7 Å². The number of aromatic amines is 1. The fourth-order valence-electron chi connectivity index (χ4n) is 5.28. The van der Waals surface area contributed by atoms with Crippen LogP contribution < -0.4 is 5.32 Å².